The van der Waals surface area contributed by atoms with Gasteiger partial charge >= 0.3 is 6.03 Å². The van der Waals surface area contributed by atoms with E-state index in [9.17, 15) is 4.79 Å². The second kappa shape index (κ2) is 6.83. The van der Waals surface area contributed by atoms with E-state index in [0.717, 1.165) is 4.47 Å². The minimum absolute atomic E-state index is 0.0477. The van der Waals surface area contributed by atoms with Crippen LogP contribution in [0.25, 0.3) is 0 Å². The van der Waals surface area contributed by atoms with Gasteiger partial charge in [-0.1, -0.05) is 11.6 Å². The molecule has 1 atom stereocenters. The number of urea groups is 1. The summed E-state index contributed by atoms with van der Waals surface area (Å²) in [4.78, 5) is 11.6. The summed E-state index contributed by atoms with van der Waals surface area (Å²) >= 11 is 9.10. The summed E-state index contributed by atoms with van der Waals surface area (Å²) < 4.78 is 0.718. The summed E-state index contributed by atoms with van der Waals surface area (Å²) in [6.07, 6.45) is 0.523. The molecule has 0 spiro atoms. The summed E-state index contributed by atoms with van der Waals surface area (Å²) in [5.41, 5.74) is 0.642. The number of halogens is 2. The van der Waals surface area contributed by atoms with Crippen LogP contribution in [-0.4, -0.2) is 23.8 Å². The molecule has 3 N–H and O–H groups in total. The van der Waals surface area contributed by atoms with Gasteiger partial charge < -0.3 is 15.7 Å². The normalized spacial score (nSPS) is 12.0. The lowest BCUT2D eigenvalue weighted by Crippen LogP contribution is -2.36. The molecule has 0 heterocycles. The maximum absolute atomic E-state index is 11.6. The van der Waals surface area contributed by atoms with Gasteiger partial charge in [0, 0.05) is 22.1 Å². The zero-order valence-electron chi connectivity index (χ0n) is 9.34. The van der Waals surface area contributed by atoms with Crippen molar-refractivity contribution in [1.29, 1.82) is 0 Å². The Morgan fingerprint density at radius 1 is 1.59 bits per heavy atom. The Morgan fingerprint density at radius 2 is 2.29 bits per heavy atom. The van der Waals surface area contributed by atoms with Gasteiger partial charge in [-0.3, -0.25) is 0 Å². The highest BCUT2D eigenvalue weighted by molar-refractivity contribution is 9.10. The number of hydrogen-bond acceptors (Lipinski definition) is 2. The SMILES string of the molecule is C[C@H](CCO)NC(=O)Nc1ccc(Cl)cc1Br. The molecule has 0 aliphatic rings. The third kappa shape index (κ3) is 4.93. The molecule has 0 aromatic heterocycles. The third-order valence-electron chi connectivity index (χ3n) is 2.12. The van der Waals surface area contributed by atoms with Gasteiger partial charge in [-0.15, -0.1) is 0 Å². The lowest BCUT2D eigenvalue weighted by molar-refractivity contribution is 0.241. The number of rotatable bonds is 4. The van der Waals surface area contributed by atoms with E-state index in [4.69, 9.17) is 16.7 Å². The Kier molecular flexibility index (Phi) is 5.74. The van der Waals surface area contributed by atoms with Gasteiger partial charge in [-0.05, 0) is 47.5 Å². The fourth-order valence-corrected chi connectivity index (χ4v) is 2.02. The Balaban J connectivity index is 2.56. The summed E-state index contributed by atoms with van der Waals surface area (Å²) in [5.74, 6) is 0. The van der Waals surface area contributed by atoms with Gasteiger partial charge in [-0.2, -0.15) is 0 Å². The summed E-state index contributed by atoms with van der Waals surface area (Å²) in [5, 5.41) is 14.7. The number of amides is 2. The summed E-state index contributed by atoms with van der Waals surface area (Å²) in [7, 11) is 0. The molecule has 6 heteroatoms. The monoisotopic (exact) mass is 320 g/mol. The van der Waals surface area contributed by atoms with E-state index in [2.05, 4.69) is 26.6 Å². The Morgan fingerprint density at radius 3 is 2.88 bits per heavy atom. The second-order valence-corrected chi connectivity index (χ2v) is 4.93. The molecular formula is C11H14BrClN2O2. The molecule has 1 aromatic carbocycles. The largest absolute Gasteiger partial charge is 0.396 e. The molecule has 2 amide bonds. The molecule has 0 bridgehead atoms. The molecule has 94 valence electrons. The first-order valence-electron chi connectivity index (χ1n) is 5.16. The number of carbonyl (C=O) groups excluding carboxylic acids is 1. The topological polar surface area (TPSA) is 61.4 Å². The molecule has 0 aliphatic carbocycles. The maximum Gasteiger partial charge on any atom is 0.319 e. The average molecular weight is 322 g/mol. The fourth-order valence-electron chi connectivity index (χ4n) is 1.24. The van der Waals surface area contributed by atoms with Crippen molar-refractivity contribution < 1.29 is 9.90 Å². The highest BCUT2D eigenvalue weighted by atomic mass is 79.9. The highest BCUT2D eigenvalue weighted by Gasteiger charge is 2.08. The quantitative estimate of drug-likeness (QED) is 0.798. The van der Waals surface area contributed by atoms with Gasteiger partial charge in [0.2, 0.25) is 0 Å². The number of carbonyl (C=O) groups is 1. The lowest BCUT2D eigenvalue weighted by Gasteiger charge is -2.14. The number of aliphatic hydroxyl groups excluding tert-OH is 1. The van der Waals surface area contributed by atoms with Crippen LogP contribution in [0.2, 0.25) is 5.02 Å². The van der Waals surface area contributed by atoms with E-state index in [1.165, 1.54) is 0 Å². The zero-order chi connectivity index (χ0) is 12.8. The minimum atomic E-state index is -0.311. The van der Waals surface area contributed by atoms with Crippen LogP contribution in [-0.2, 0) is 0 Å². The van der Waals surface area contributed by atoms with Gasteiger partial charge in [-0.25, -0.2) is 4.79 Å². The van der Waals surface area contributed by atoms with Crippen molar-refractivity contribution >= 4 is 39.2 Å². The number of nitrogens with one attached hydrogen (secondary N) is 2. The molecule has 1 aromatic rings. The van der Waals surface area contributed by atoms with Crippen molar-refractivity contribution in [3.63, 3.8) is 0 Å². The first-order valence-corrected chi connectivity index (χ1v) is 6.33. The molecular weight excluding hydrogens is 307 g/mol. The van der Waals surface area contributed by atoms with Crippen LogP contribution in [0, 0.1) is 0 Å². The first-order chi connectivity index (χ1) is 8.02. The van der Waals surface area contributed by atoms with Crippen LogP contribution < -0.4 is 10.6 Å². The van der Waals surface area contributed by atoms with Crippen LogP contribution in [0.4, 0.5) is 10.5 Å². The molecule has 1 rings (SSSR count). The van der Waals surface area contributed by atoms with Crippen molar-refractivity contribution in [2.75, 3.05) is 11.9 Å². The Hall–Kier alpha value is -0.780. The zero-order valence-corrected chi connectivity index (χ0v) is 11.7. The van der Waals surface area contributed by atoms with Crippen LogP contribution in [0.3, 0.4) is 0 Å². The Bertz CT molecular complexity index is 401. The number of hydrogen-bond donors (Lipinski definition) is 3. The third-order valence-corrected chi connectivity index (χ3v) is 3.01. The Labute approximate surface area is 113 Å². The summed E-state index contributed by atoms with van der Waals surface area (Å²) in [6, 6.07) is 4.72. The van der Waals surface area contributed by atoms with E-state index < -0.39 is 0 Å². The van der Waals surface area contributed by atoms with Crippen LogP contribution in [0.1, 0.15) is 13.3 Å². The molecule has 0 radical (unpaired) electrons. The predicted molar refractivity (Wildman–Crippen MR) is 72.5 cm³/mol. The average Bonchev–Trinajstić information content (AvgIpc) is 2.22. The molecule has 0 fully saturated rings. The molecule has 0 aliphatic heterocycles. The molecule has 4 nitrogen and oxygen atoms in total. The van der Waals surface area contributed by atoms with E-state index in [1.54, 1.807) is 18.2 Å². The van der Waals surface area contributed by atoms with E-state index in [-0.39, 0.29) is 18.7 Å². The van der Waals surface area contributed by atoms with Crippen molar-refractivity contribution in [1.82, 2.24) is 5.32 Å². The van der Waals surface area contributed by atoms with Gasteiger partial charge in [0.05, 0.1) is 5.69 Å². The van der Waals surface area contributed by atoms with E-state index >= 15 is 0 Å². The van der Waals surface area contributed by atoms with Crippen molar-refractivity contribution in [3.8, 4) is 0 Å². The molecule has 0 saturated heterocycles. The fraction of sp³-hybridized carbons (Fsp3) is 0.364. The lowest BCUT2D eigenvalue weighted by atomic mass is 10.2. The molecule has 0 saturated carbocycles. The van der Waals surface area contributed by atoms with Gasteiger partial charge in [0.25, 0.3) is 0 Å². The summed E-state index contributed by atoms with van der Waals surface area (Å²) in [6.45, 7) is 1.87. The van der Waals surface area contributed by atoms with Crippen LogP contribution in [0.15, 0.2) is 22.7 Å². The predicted octanol–water partition coefficient (Wildman–Crippen LogP) is 2.99. The van der Waals surface area contributed by atoms with Crippen molar-refractivity contribution in [2.24, 2.45) is 0 Å². The maximum atomic E-state index is 11.6. The van der Waals surface area contributed by atoms with Crippen LogP contribution in [0.5, 0.6) is 0 Å². The van der Waals surface area contributed by atoms with Crippen molar-refractivity contribution in [2.45, 2.75) is 19.4 Å². The van der Waals surface area contributed by atoms with Gasteiger partial charge in [0.15, 0.2) is 0 Å². The van der Waals surface area contributed by atoms with Crippen molar-refractivity contribution in [3.05, 3.63) is 27.7 Å². The standard InChI is InChI=1S/C11H14BrClN2O2/c1-7(4-5-16)14-11(17)15-10-3-2-8(13)6-9(10)12/h2-3,6-7,16H,4-5H2,1H3,(H2,14,15,17)/t7-/m1/s1. The minimum Gasteiger partial charge on any atom is -0.396 e. The van der Waals surface area contributed by atoms with E-state index in [1.807, 2.05) is 6.92 Å². The van der Waals surface area contributed by atoms with Crippen LogP contribution >= 0.6 is 27.5 Å². The number of benzene rings is 1. The van der Waals surface area contributed by atoms with Gasteiger partial charge in [0.1, 0.15) is 0 Å². The number of aliphatic hydroxyl groups is 1. The highest BCUT2D eigenvalue weighted by Crippen LogP contribution is 2.25. The second-order valence-electron chi connectivity index (χ2n) is 3.64. The molecule has 0 unspecified atom stereocenters. The first kappa shape index (κ1) is 14.3. The van der Waals surface area contributed by atoms with E-state index in [0.29, 0.717) is 17.1 Å². The number of anilines is 1. The molecule has 17 heavy (non-hydrogen) atoms. The smallest absolute Gasteiger partial charge is 0.319 e.